The van der Waals surface area contributed by atoms with Crippen molar-refractivity contribution in [3.63, 3.8) is 0 Å². The number of para-hydroxylation sites is 1. The molecule has 0 aliphatic carbocycles. The van der Waals surface area contributed by atoms with Gasteiger partial charge in [-0.3, -0.25) is 0 Å². The zero-order chi connectivity index (χ0) is 20.8. The molecular formula is C16H21F3N6O2S. The highest BCUT2D eigenvalue weighted by atomic mass is 32.2. The van der Waals surface area contributed by atoms with E-state index in [0.29, 0.717) is 11.9 Å². The number of nitrogens with zero attached hydrogens (tertiary/aromatic N) is 2. The lowest BCUT2D eigenvalue weighted by Crippen LogP contribution is -2.32. The topological polar surface area (TPSA) is 122 Å². The molecule has 0 bridgehead atoms. The van der Waals surface area contributed by atoms with E-state index < -0.39 is 27.8 Å². The molecule has 28 heavy (non-hydrogen) atoms. The van der Waals surface area contributed by atoms with Gasteiger partial charge in [0.1, 0.15) is 11.4 Å². The van der Waals surface area contributed by atoms with Crippen molar-refractivity contribution in [3.05, 3.63) is 41.6 Å². The van der Waals surface area contributed by atoms with E-state index in [2.05, 4.69) is 25.3 Å². The van der Waals surface area contributed by atoms with E-state index in [1.807, 2.05) is 19.1 Å². The summed E-state index contributed by atoms with van der Waals surface area (Å²) in [6.45, 7) is 1.98. The number of alkyl halides is 3. The molecule has 1 heterocycles. The van der Waals surface area contributed by atoms with E-state index in [-0.39, 0.29) is 25.5 Å². The van der Waals surface area contributed by atoms with Gasteiger partial charge in [0.25, 0.3) is 10.2 Å². The molecule has 0 amide bonds. The van der Waals surface area contributed by atoms with Gasteiger partial charge in [-0.2, -0.15) is 26.6 Å². The molecule has 154 valence electrons. The van der Waals surface area contributed by atoms with Crippen molar-refractivity contribution < 1.29 is 21.6 Å². The van der Waals surface area contributed by atoms with E-state index >= 15 is 0 Å². The molecule has 0 spiro atoms. The van der Waals surface area contributed by atoms with Crippen LogP contribution in [-0.2, 0) is 22.8 Å². The first-order valence-corrected chi connectivity index (χ1v) is 9.95. The van der Waals surface area contributed by atoms with E-state index in [1.165, 1.54) is 0 Å². The SMILES string of the molecule is CCc1ccccc1Nc1ncc(C(F)(F)F)c(NCCCNS(N)(=O)=O)n1. The lowest BCUT2D eigenvalue weighted by atomic mass is 10.1. The molecule has 12 heteroatoms. The van der Waals surface area contributed by atoms with E-state index in [1.54, 1.807) is 12.1 Å². The molecule has 1 aromatic carbocycles. The number of halogens is 3. The van der Waals surface area contributed by atoms with Crippen LogP contribution in [0.2, 0.25) is 0 Å². The largest absolute Gasteiger partial charge is 0.421 e. The highest BCUT2D eigenvalue weighted by Gasteiger charge is 2.35. The summed E-state index contributed by atoms with van der Waals surface area (Å²) >= 11 is 0. The average Bonchev–Trinajstić information content (AvgIpc) is 2.60. The summed E-state index contributed by atoms with van der Waals surface area (Å²) < 4.78 is 63.3. The van der Waals surface area contributed by atoms with Crippen LogP contribution >= 0.6 is 0 Å². The molecule has 0 saturated heterocycles. The highest BCUT2D eigenvalue weighted by Crippen LogP contribution is 2.34. The van der Waals surface area contributed by atoms with Gasteiger partial charge in [0, 0.05) is 25.0 Å². The van der Waals surface area contributed by atoms with Gasteiger partial charge < -0.3 is 10.6 Å². The Balaban J connectivity index is 2.15. The molecule has 0 saturated carbocycles. The van der Waals surface area contributed by atoms with Gasteiger partial charge in [-0.1, -0.05) is 25.1 Å². The molecule has 0 radical (unpaired) electrons. The number of benzene rings is 1. The van der Waals surface area contributed by atoms with Crippen LogP contribution in [-0.4, -0.2) is 31.5 Å². The molecule has 1 aromatic heterocycles. The summed E-state index contributed by atoms with van der Waals surface area (Å²) in [5.41, 5.74) is 0.656. The molecule has 2 aromatic rings. The standard InChI is InChI=1S/C16H21F3N6O2S/c1-2-11-6-3-4-7-13(11)24-15-22-10-12(16(17,18)19)14(25-15)21-8-5-9-23-28(20,26)27/h3-4,6-7,10,23H,2,5,8-9H2,1H3,(H2,20,26,27)(H2,21,22,24,25). The van der Waals surface area contributed by atoms with Crippen LogP contribution in [0.15, 0.2) is 30.5 Å². The van der Waals surface area contributed by atoms with Crippen LogP contribution in [0.3, 0.4) is 0 Å². The molecule has 0 aliphatic heterocycles. The maximum Gasteiger partial charge on any atom is 0.421 e. The van der Waals surface area contributed by atoms with Crippen LogP contribution in [0.1, 0.15) is 24.5 Å². The predicted molar refractivity (Wildman–Crippen MR) is 100 cm³/mol. The number of rotatable bonds is 9. The van der Waals surface area contributed by atoms with Gasteiger partial charge in [0.15, 0.2) is 0 Å². The van der Waals surface area contributed by atoms with Crippen LogP contribution < -0.4 is 20.5 Å². The lowest BCUT2D eigenvalue weighted by Gasteiger charge is -2.15. The van der Waals surface area contributed by atoms with Crippen molar-refractivity contribution in [2.45, 2.75) is 25.9 Å². The first kappa shape index (κ1) is 21.9. The second kappa shape index (κ2) is 9.17. The third-order valence-electron chi connectivity index (χ3n) is 3.69. The second-order valence-electron chi connectivity index (χ2n) is 5.81. The van der Waals surface area contributed by atoms with Gasteiger partial charge in [-0.05, 0) is 24.5 Å². The average molecular weight is 418 g/mol. The Kier molecular flexibility index (Phi) is 7.16. The third-order valence-corrected chi connectivity index (χ3v) is 4.29. The molecule has 2 rings (SSSR count). The Hall–Kier alpha value is -2.44. The summed E-state index contributed by atoms with van der Waals surface area (Å²) in [4.78, 5) is 7.70. The molecule has 8 nitrogen and oxygen atoms in total. The van der Waals surface area contributed by atoms with Gasteiger partial charge in [-0.15, -0.1) is 0 Å². The molecule has 0 unspecified atom stereocenters. The fraction of sp³-hybridized carbons (Fsp3) is 0.375. The Morgan fingerprint density at radius 1 is 1.18 bits per heavy atom. The van der Waals surface area contributed by atoms with Gasteiger partial charge in [0.05, 0.1) is 0 Å². The molecule has 0 fully saturated rings. The molecule has 5 N–H and O–H groups in total. The third kappa shape index (κ3) is 6.62. The number of hydrogen-bond acceptors (Lipinski definition) is 6. The summed E-state index contributed by atoms with van der Waals surface area (Å²) in [6, 6.07) is 7.33. The number of anilines is 3. The number of aromatic nitrogens is 2. The van der Waals surface area contributed by atoms with E-state index in [4.69, 9.17) is 5.14 Å². The number of hydrogen-bond donors (Lipinski definition) is 4. The number of nitrogens with two attached hydrogens (primary N) is 1. The fourth-order valence-corrected chi connectivity index (χ4v) is 2.79. The monoisotopic (exact) mass is 418 g/mol. The number of nitrogens with one attached hydrogen (secondary N) is 3. The number of aryl methyl sites for hydroxylation is 1. The fourth-order valence-electron chi connectivity index (χ4n) is 2.36. The molecule has 0 aliphatic rings. The van der Waals surface area contributed by atoms with Crippen LogP contribution in [0.5, 0.6) is 0 Å². The smallest absolute Gasteiger partial charge is 0.369 e. The molecular weight excluding hydrogens is 397 g/mol. The maximum absolute atomic E-state index is 13.2. The van der Waals surface area contributed by atoms with Crippen molar-refractivity contribution in [2.75, 3.05) is 23.7 Å². The Bertz CT molecular complexity index is 905. The minimum Gasteiger partial charge on any atom is -0.369 e. The highest BCUT2D eigenvalue weighted by molar-refractivity contribution is 7.87. The van der Waals surface area contributed by atoms with E-state index in [0.717, 1.165) is 12.0 Å². The Labute approximate surface area is 160 Å². The van der Waals surface area contributed by atoms with Crippen molar-refractivity contribution >= 4 is 27.7 Å². The second-order valence-corrected chi connectivity index (χ2v) is 7.19. The predicted octanol–water partition coefficient (Wildman–Crippen LogP) is 2.40. The lowest BCUT2D eigenvalue weighted by molar-refractivity contribution is -0.137. The van der Waals surface area contributed by atoms with Crippen molar-refractivity contribution in [1.82, 2.24) is 14.7 Å². The first-order chi connectivity index (χ1) is 13.1. The Morgan fingerprint density at radius 2 is 1.89 bits per heavy atom. The summed E-state index contributed by atoms with van der Waals surface area (Å²) in [6.07, 6.45) is -3.00. The van der Waals surface area contributed by atoms with E-state index in [9.17, 15) is 21.6 Å². The van der Waals surface area contributed by atoms with Crippen LogP contribution in [0.25, 0.3) is 0 Å². The summed E-state index contributed by atoms with van der Waals surface area (Å²) in [5.74, 6) is -0.381. The van der Waals surface area contributed by atoms with Gasteiger partial charge in [-0.25, -0.2) is 14.8 Å². The molecule has 0 atom stereocenters. The maximum atomic E-state index is 13.2. The zero-order valence-electron chi connectivity index (χ0n) is 15.0. The minimum atomic E-state index is -4.64. The normalized spacial score (nSPS) is 12.0. The van der Waals surface area contributed by atoms with Crippen LogP contribution in [0.4, 0.5) is 30.6 Å². The minimum absolute atomic E-state index is 0.0130. The van der Waals surface area contributed by atoms with Gasteiger partial charge >= 0.3 is 6.18 Å². The van der Waals surface area contributed by atoms with Crippen molar-refractivity contribution in [2.24, 2.45) is 5.14 Å². The first-order valence-electron chi connectivity index (χ1n) is 8.40. The quantitative estimate of drug-likeness (QED) is 0.464. The summed E-state index contributed by atoms with van der Waals surface area (Å²) in [5, 5.41) is 10.3. The van der Waals surface area contributed by atoms with Crippen LogP contribution in [0, 0.1) is 0 Å². The van der Waals surface area contributed by atoms with Crippen molar-refractivity contribution in [1.29, 1.82) is 0 Å². The Morgan fingerprint density at radius 3 is 2.54 bits per heavy atom. The van der Waals surface area contributed by atoms with Gasteiger partial charge in [0.2, 0.25) is 5.95 Å². The van der Waals surface area contributed by atoms with Crippen molar-refractivity contribution in [3.8, 4) is 0 Å². The zero-order valence-corrected chi connectivity index (χ0v) is 15.9. The summed E-state index contributed by atoms with van der Waals surface area (Å²) in [7, 11) is -3.84.